The average Bonchev–Trinajstić information content (AvgIpc) is 3.41. The summed E-state index contributed by atoms with van der Waals surface area (Å²) in [7, 11) is 0. The minimum absolute atomic E-state index is 0.0640. The molecule has 0 radical (unpaired) electrons. The van der Waals surface area contributed by atoms with Crippen molar-refractivity contribution < 1.29 is 15.0 Å². The van der Waals surface area contributed by atoms with Gasteiger partial charge in [0.05, 0.1) is 18.8 Å². The molecule has 0 rings (SSSR count). The van der Waals surface area contributed by atoms with E-state index in [2.05, 4.69) is 31.3 Å². The lowest BCUT2D eigenvalue weighted by Crippen LogP contribution is -2.45. The van der Waals surface area contributed by atoms with E-state index in [1.165, 1.54) is 353 Å². The van der Waals surface area contributed by atoms with Crippen LogP contribution in [0.4, 0.5) is 0 Å². The Bertz CT molecular complexity index is 1100. The average molecular weight is 1050 g/mol. The predicted molar refractivity (Wildman–Crippen MR) is 336 cm³/mol. The summed E-state index contributed by atoms with van der Waals surface area (Å²) in [5.41, 5.74) is 0. The summed E-state index contributed by atoms with van der Waals surface area (Å²) >= 11 is 0. The molecule has 0 bridgehead atoms. The van der Waals surface area contributed by atoms with Gasteiger partial charge in [0.2, 0.25) is 5.91 Å². The maximum atomic E-state index is 12.5. The first-order chi connectivity index (χ1) is 37.2. The lowest BCUT2D eigenvalue weighted by Gasteiger charge is -2.19. The zero-order valence-electron chi connectivity index (χ0n) is 51.6. The molecular formula is C71H139NO3. The lowest BCUT2D eigenvalue weighted by atomic mass is 10.0. The summed E-state index contributed by atoms with van der Waals surface area (Å²) in [5, 5.41) is 23.3. The summed E-state index contributed by atoms with van der Waals surface area (Å²) < 4.78 is 0. The quantitative estimate of drug-likeness (QED) is 0.0420. The van der Waals surface area contributed by atoms with Crippen molar-refractivity contribution in [1.82, 2.24) is 5.32 Å². The van der Waals surface area contributed by atoms with E-state index in [1.54, 1.807) is 6.08 Å². The molecule has 1 amide bonds. The molecule has 0 aromatic carbocycles. The van der Waals surface area contributed by atoms with Crippen molar-refractivity contribution in [2.75, 3.05) is 6.61 Å². The molecule has 446 valence electrons. The fourth-order valence-electron chi connectivity index (χ4n) is 11.4. The molecule has 0 saturated carbocycles. The van der Waals surface area contributed by atoms with Crippen LogP contribution < -0.4 is 5.32 Å². The van der Waals surface area contributed by atoms with E-state index in [-0.39, 0.29) is 12.5 Å². The topological polar surface area (TPSA) is 69.6 Å². The molecule has 0 spiro atoms. The van der Waals surface area contributed by atoms with Gasteiger partial charge in [-0.25, -0.2) is 0 Å². The van der Waals surface area contributed by atoms with E-state index in [9.17, 15) is 15.0 Å². The van der Waals surface area contributed by atoms with Crippen molar-refractivity contribution in [3.63, 3.8) is 0 Å². The van der Waals surface area contributed by atoms with Crippen LogP contribution in [-0.2, 0) is 4.79 Å². The highest BCUT2D eigenvalue weighted by atomic mass is 16.3. The Morgan fingerprint density at radius 3 is 0.773 bits per heavy atom. The molecular weight excluding hydrogens is 915 g/mol. The summed E-state index contributed by atoms with van der Waals surface area (Å²) in [6, 6.07) is -0.638. The van der Waals surface area contributed by atoms with Crippen molar-refractivity contribution in [2.45, 2.75) is 418 Å². The lowest BCUT2D eigenvalue weighted by molar-refractivity contribution is -0.123. The number of carbonyl (C=O) groups is 1. The van der Waals surface area contributed by atoms with Gasteiger partial charge in [0.1, 0.15) is 0 Å². The number of aliphatic hydroxyl groups is 2. The van der Waals surface area contributed by atoms with Crippen molar-refractivity contribution >= 4 is 5.91 Å². The normalized spacial score (nSPS) is 12.7. The maximum Gasteiger partial charge on any atom is 0.220 e. The van der Waals surface area contributed by atoms with Gasteiger partial charge < -0.3 is 15.5 Å². The Labute approximate surface area is 472 Å². The summed E-state index contributed by atoms with van der Waals surface area (Å²) in [6.45, 7) is 4.35. The number of unbranched alkanes of at least 4 members (excludes halogenated alkanes) is 57. The molecule has 0 saturated heterocycles. The Morgan fingerprint density at radius 2 is 0.520 bits per heavy atom. The number of nitrogens with one attached hydrogen (secondary N) is 1. The van der Waals surface area contributed by atoms with Gasteiger partial charge in [-0.3, -0.25) is 4.79 Å². The number of rotatable bonds is 66. The first-order valence-corrected chi connectivity index (χ1v) is 35.1. The zero-order valence-corrected chi connectivity index (χ0v) is 51.6. The van der Waals surface area contributed by atoms with Crippen LogP contribution >= 0.6 is 0 Å². The van der Waals surface area contributed by atoms with Gasteiger partial charge in [0.15, 0.2) is 0 Å². The molecule has 0 heterocycles. The third-order valence-corrected chi connectivity index (χ3v) is 16.7. The molecule has 0 aliphatic heterocycles. The van der Waals surface area contributed by atoms with E-state index in [1.807, 2.05) is 6.08 Å². The van der Waals surface area contributed by atoms with Gasteiger partial charge in [-0.15, -0.1) is 0 Å². The van der Waals surface area contributed by atoms with Crippen molar-refractivity contribution in [3.05, 3.63) is 24.3 Å². The van der Waals surface area contributed by atoms with Gasteiger partial charge >= 0.3 is 0 Å². The van der Waals surface area contributed by atoms with Gasteiger partial charge in [-0.05, 0) is 32.1 Å². The molecule has 4 heteroatoms. The van der Waals surface area contributed by atoms with Gasteiger partial charge in [0, 0.05) is 6.42 Å². The first-order valence-electron chi connectivity index (χ1n) is 35.1. The van der Waals surface area contributed by atoms with Crippen LogP contribution in [0.25, 0.3) is 0 Å². The fraction of sp³-hybridized carbons (Fsp3) is 0.930. The molecule has 3 N–H and O–H groups in total. The second-order valence-corrected chi connectivity index (χ2v) is 24.3. The Morgan fingerprint density at radius 1 is 0.307 bits per heavy atom. The summed E-state index contributed by atoms with van der Waals surface area (Å²) in [4.78, 5) is 12.5. The summed E-state index contributed by atoms with van der Waals surface area (Å²) in [6.07, 6.45) is 91.4. The van der Waals surface area contributed by atoms with Crippen LogP contribution in [0.3, 0.4) is 0 Å². The molecule has 0 aliphatic rings. The third-order valence-electron chi connectivity index (χ3n) is 16.7. The molecule has 0 aromatic rings. The second kappa shape index (κ2) is 67.1. The van der Waals surface area contributed by atoms with Crippen LogP contribution in [-0.4, -0.2) is 34.9 Å². The molecule has 2 atom stereocenters. The number of hydrogen-bond acceptors (Lipinski definition) is 3. The number of aliphatic hydroxyl groups excluding tert-OH is 2. The summed E-state index contributed by atoms with van der Waals surface area (Å²) in [5.74, 6) is -0.0640. The van der Waals surface area contributed by atoms with E-state index in [0.717, 1.165) is 32.1 Å². The van der Waals surface area contributed by atoms with Gasteiger partial charge in [-0.2, -0.15) is 0 Å². The van der Waals surface area contributed by atoms with Crippen LogP contribution in [0.5, 0.6) is 0 Å². The van der Waals surface area contributed by atoms with E-state index in [0.29, 0.717) is 6.42 Å². The van der Waals surface area contributed by atoms with E-state index < -0.39 is 12.1 Å². The number of allylic oxidation sites excluding steroid dienone is 3. The standard InChI is InChI=1S/C71H139NO3/c1-3-5-7-9-11-13-15-17-19-21-23-25-27-29-31-33-35-36-37-38-40-42-44-46-48-50-52-54-56-58-60-62-64-66-70(74)69(68-73)72-71(75)67-65-63-61-59-57-55-53-51-49-47-45-43-41-39-34-32-30-28-26-24-22-20-18-16-14-12-10-8-6-4-2/h56,58,64,66,69-70,73-74H,3-55,57,59-63,65,67-68H2,1-2H3,(H,72,75)/b58-56+,66-64+. The number of hydrogen-bond donors (Lipinski definition) is 3. The highest BCUT2D eigenvalue weighted by Gasteiger charge is 2.18. The fourth-order valence-corrected chi connectivity index (χ4v) is 11.4. The predicted octanol–water partition coefficient (Wildman–Crippen LogP) is 23.8. The Kier molecular flexibility index (Phi) is 66.1. The molecule has 0 aliphatic carbocycles. The van der Waals surface area contributed by atoms with Crippen molar-refractivity contribution in [1.29, 1.82) is 0 Å². The zero-order chi connectivity index (χ0) is 54.1. The third kappa shape index (κ3) is 63.6. The van der Waals surface area contributed by atoms with Crippen molar-refractivity contribution in [3.8, 4) is 0 Å². The largest absolute Gasteiger partial charge is 0.394 e. The SMILES string of the molecule is CCCCCCCCCCCCCCCCCCCCCCCCCCCCC/C=C/CC/C=C/C(O)C(CO)NC(=O)CCCCCCCCCCCCCCCCCCCCCCCCCCCCCCCC. The second-order valence-electron chi connectivity index (χ2n) is 24.3. The molecule has 75 heavy (non-hydrogen) atoms. The molecule has 2 unspecified atom stereocenters. The van der Waals surface area contributed by atoms with E-state index >= 15 is 0 Å². The van der Waals surface area contributed by atoms with Crippen LogP contribution in [0.15, 0.2) is 24.3 Å². The van der Waals surface area contributed by atoms with Gasteiger partial charge in [-0.1, -0.05) is 391 Å². The minimum Gasteiger partial charge on any atom is -0.394 e. The Hall–Kier alpha value is -1.13. The first kappa shape index (κ1) is 73.9. The monoisotopic (exact) mass is 1050 g/mol. The highest BCUT2D eigenvalue weighted by molar-refractivity contribution is 5.76. The highest BCUT2D eigenvalue weighted by Crippen LogP contribution is 2.19. The van der Waals surface area contributed by atoms with E-state index in [4.69, 9.17) is 0 Å². The minimum atomic E-state index is -0.861. The Balaban J connectivity index is 3.43. The number of carbonyl (C=O) groups excluding carboxylic acids is 1. The molecule has 0 aromatic heterocycles. The van der Waals surface area contributed by atoms with Crippen molar-refractivity contribution in [2.24, 2.45) is 0 Å². The molecule has 4 nitrogen and oxygen atoms in total. The maximum absolute atomic E-state index is 12.5. The van der Waals surface area contributed by atoms with Gasteiger partial charge in [0.25, 0.3) is 0 Å². The smallest absolute Gasteiger partial charge is 0.220 e. The number of amides is 1. The van der Waals surface area contributed by atoms with Crippen LogP contribution in [0, 0.1) is 0 Å². The van der Waals surface area contributed by atoms with Crippen LogP contribution in [0.1, 0.15) is 406 Å². The molecule has 0 fully saturated rings. The van der Waals surface area contributed by atoms with Crippen LogP contribution in [0.2, 0.25) is 0 Å².